The van der Waals surface area contributed by atoms with Gasteiger partial charge in [0.25, 0.3) is 0 Å². The summed E-state index contributed by atoms with van der Waals surface area (Å²) >= 11 is 3.49. The van der Waals surface area contributed by atoms with Gasteiger partial charge in [-0.2, -0.15) is 0 Å². The average molecular weight is 405 g/mol. The Morgan fingerprint density at radius 2 is 1.92 bits per heavy atom. The van der Waals surface area contributed by atoms with Crippen LogP contribution in [0.4, 0.5) is 4.39 Å². The topological polar surface area (TPSA) is 23.6 Å². The zero-order valence-electron chi connectivity index (χ0n) is 14.3. The number of nitrogens with zero attached hydrogens (tertiary/aromatic N) is 2. The number of hydrogen-bond acceptors (Lipinski definition) is 2. The monoisotopic (exact) mass is 404 g/mol. The van der Waals surface area contributed by atoms with E-state index < -0.39 is 0 Å². The van der Waals surface area contributed by atoms with Crippen molar-refractivity contribution in [2.45, 2.75) is 32.0 Å². The molecule has 0 unspecified atom stereocenters. The normalized spacial score (nSPS) is 13.9. The van der Waals surface area contributed by atoms with E-state index in [0.717, 1.165) is 23.9 Å². The third-order valence-corrected chi connectivity index (χ3v) is 4.96. The summed E-state index contributed by atoms with van der Waals surface area (Å²) < 4.78 is 14.8. The first kappa shape index (κ1) is 18.1. The number of rotatable bonds is 7. The Bertz CT molecular complexity index is 748. The van der Waals surface area contributed by atoms with Gasteiger partial charge in [0.2, 0.25) is 5.91 Å². The molecular weight excluding hydrogens is 383 g/mol. The second-order valence-corrected chi connectivity index (χ2v) is 7.52. The fourth-order valence-corrected chi connectivity index (χ4v) is 3.34. The van der Waals surface area contributed by atoms with Gasteiger partial charge in [0.15, 0.2) is 0 Å². The van der Waals surface area contributed by atoms with Gasteiger partial charge >= 0.3 is 0 Å². The van der Waals surface area contributed by atoms with E-state index in [2.05, 4.69) is 33.0 Å². The van der Waals surface area contributed by atoms with Crippen LogP contribution in [0.2, 0.25) is 0 Å². The van der Waals surface area contributed by atoms with E-state index in [1.165, 1.54) is 11.6 Å². The zero-order valence-corrected chi connectivity index (χ0v) is 15.9. The molecule has 5 heteroatoms. The first-order chi connectivity index (χ1) is 12.0. The van der Waals surface area contributed by atoms with Crippen LogP contribution >= 0.6 is 15.9 Å². The van der Waals surface area contributed by atoms with E-state index in [1.54, 1.807) is 30.1 Å². The summed E-state index contributed by atoms with van der Waals surface area (Å²) in [6.07, 6.45) is 2.27. The van der Waals surface area contributed by atoms with Gasteiger partial charge in [0, 0.05) is 36.2 Å². The third kappa shape index (κ3) is 5.13. The number of likely N-dealkylation sites (N-methyl/N-ethyl adjacent to an activating group) is 1. The molecule has 1 saturated carbocycles. The van der Waals surface area contributed by atoms with Gasteiger partial charge < -0.3 is 4.90 Å². The van der Waals surface area contributed by atoms with Crippen molar-refractivity contribution in [1.82, 2.24) is 9.80 Å². The number of halogens is 2. The number of benzene rings is 2. The Balaban J connectivity index is 1.61. The van der Waals surface area contributed by atoms with E-state index in [0.29, 0.717) is 24.7 Å². The Morgan fingerprint density at radius 3 is 2.60 bits per heavy atom. The molecule has 1 fully saturated rings. The van der Waals surface area contributed by atoms with Crippen LogP contribution in [0.15, 0.2) is 53.0 Å². The lowest BCUT2D eigenvalue weighted by Crippen LogP contribution is -2.39. The Hall–Kier alpha value is -1.72. The quantitative estimate of drug-likeness (QED) is 0.689. The fraction of sp³-hybridized carbons (Fsp3) is 0.350. The van der Waals surface area contributed by atoms with Crippen molar-refractivity contribution in [1.29, 1.82) is 0 Å². The van der Waals surface area contributed by atoms with E-state index in [-0.39, 0.29) is 11.7 Å². The van der Waals surface area contributed by atoms with E-state index in [4.69, 9.17) is 0 Å². The van der Waals surface area contributed by atoms with Crippen LogP contribution in [-0.4, -0.2) is 35.3 Å². The molecule has 0 saturated heterocycles. The van der Waals surface area contributed by atoms with Crippen molar-refractivity contribution in [3.05, 3.63) is 69.9 Å². The van der Waals surface area contributed by atoms with Gasteiger partial charge in [-0.1, -0.05) is 46.3 Å². The van der Waals surface area contributed by atoms with Crippen molar-refractivity contribution in [2.75, 3.05) is 13.6 Å². The molecule has 3 nitrogen and oxygen atoms in total. The minimum absolute atomic E-state index is 0.0187. The lowest BCUT2D eigenvalue weighted by atomic mass is 10.2. The maximum Gasteiger partial charge on any atom is 0.236 e. The molecule has 3 rings (SSSR count). The van der Waals surface area contributed by atoms with Gasteiger partial charge in [-0.15, -0.1) is 0 Å². The summed E-state index contributed by atoms with van der Waals surface area (Å²) in [6.45, 7) is 1.41. The van der Waals surface area contributed by atoms with Gasteiger partial charge in [0.05, 0.1) is 6.54 Å². The molecule has 0 aromatic heterocycles. The van der Waals surface area contributed by atoms with Crippen LogP contribution in [0.5, 0.6) is 0 Å². The first-order valence-electron chi connectivity index (χ1n) is 8.49. The second-order valence-electron chi connectivity index (χ2n) is 6.61. The number of hydrogen-bond donors (Lipinski definition) is 0. The van der Waals surface area contributed by atoms with Crippen LogP contribution in [0.3, 0.4) is 0 Å². The first-order valence-corrected chi connectivity index (χ1v) is 9.28. The molecule has 0 N–H and O–H groups in total. The van der Waals surface area contributed by atoms with Crippen molar-refractivity contribution in [3.8, 4) is 0 Å². The van der Waals surface area contributed by atoms with E-state index >= 15 is 0 Å². The smallest absolute Gasteiger partial charge is 0.236 e. The number of amides is 1. The van der Waals surface area contributed by atoms with Crippen LogP contribution in [0, 0.1) is 5.82 Å². The highest BCUT2D eigenvalue weighted by atomic mass is 79.9. The molecule has 0 atom stereocenters. The predicted octanol–water partition coefficient (Wildman–Crippen LogP) is 4.21. The number of carbonyl (C=O) groups is 1. The molecule has 2 aromatic carbocycles. The van der Waals surface area contributed by atoms with Crippen molar-refractivity contribution < 1.29 is 9.18 Å². The van der Waals surface area contributed by atoms with Gasteiger partial charge in [-0.25, -0.2) is 4.39 Å². The lowest BCUT2D eigenvalue weighted by molar-refractivity contribution is -0.132. The zero-order chi connectivity index (χ0) is 17.8. The minimum atomic E-state index is -0.268. The van der Waals surface area contributed by atoms with Gasteiger partial charge in [0.1, 0.15) is 5.82 Å². The SMILES string of the molecule is CN(Cc1ccccc1F)C(=O)CN(Cc1cccc(Br)c1)C1CC1. The number of carbonyl (C=O) groups excluding carboxylic acids is 1. The summed E-state index contributed by atoms with van der Waals surface area (Å²) in [4.78, 5) is 16.4. The van der Waals surface area contributed by atoms with E-state index in [9.17, 15) is 9.18 Å². The third-order valence-electron chi connectivity index (χ3n) is 4.47. The van der Waals surface area contributed by atoms with Crippen LogP contribution in [0.1, 0.15) is 24.0 Å². The van der Waals surface area contributed by atoms with Crippen LogP contribution in [-0.2, 0) is 17.9 Å². The second kappa shape index (κ2) is 8.11. The molecular formula is C20H22BrFN2O. The molecule has 1 amide bonds. The van der Waals surface area contributed by atoms with Gasteiger partial charge in [-0.05, 0) is 36.6 Å². The lowest BCUT2D eigenvalue weighted by Gasteiger charge is -2.25. The highest BCUT2D eigenvalue weighted by Crippen LogP contribution is 2.28. The molecule has 25 heavy (non-hydrogen) atoms. The average Bonchev–Trinajstić information content (AvgIpc) is 3.41. The van der Waals surface area contributed by atoms with Crippen LogP contribution < -0.4 is 0 Å². The molecule has 132 valence electrons. The molecule has 0 bridgehead atoms. The Morgan fingerprint density at radius 1 is 1.16 bits per heavy atom. The summed E-state index contributed by atoms with van der Waals surface area (Å²) in [5.41, 5.74) is 1.73. The molecule has 0 heterocycles. The summed E-state index contributed by atoms with van der Waals surface area (Å²) in [5.74, 6) is -0.250. The summed E-state index contributed by atoms with van der Waals surface area (Å²) in [5, 5.41) is 0. The van der Waals surface area contributed by atoms with Crippen molar-refractivity contribution >= 4 is 21.8 Å². The molecule has 2 aromatic rings. The molecule has 1 aliphatic carbocycles. The summed E-state index contributed by atoms with van der Waals surface area (Å²) in [6, 6.07) is 15.3. The molecule has 0 spiro atoms. The largest absolute Gasteiger partial charge is 0.340 e. The van der Waals surface area contributed by atoms with Gasteiger partial charge in [-0.3, -0.25) is 9.69 Å². The molecule has 0 aliphatic heterocycles. The van der Waals surface area contributed by atoms with Crippen molar-refractivity contribution in [3.63, 3.8) is 0 Å². The van der Waals surface area contributed by atoms with E-state index in [1.807, 2.05) is 12.1 Å². The summed E-state index contributed by atoms with van der Waals surface area (Å²) in [7, 11) is 1.74. The molecule has 1 aliphatic rings. The predicted molar refractivity (Wildman–Crippen MR) is 100 cm³/mol. The highest BCUT2D eigenvalue weighted by molar-refractivity contribution is 9.10. The maximum atomic E-state index is 13.8. The fourth-order valence-electron chi connectivity index (χ4n) is 2.89. The minimum Gasteiger partial charge on any atom is -0.340 e. The Kier molecular flexibility index (Phi) is 5.86. The molecule has 0 radical (unpaired) electrons. The highest BCUT2D eigenvalue weighted by Gasteiger charge is 2.31. The van der Waals surface area contributed by atoms with Crippen molar-refractivity contribution in [2.24, 2.45) is 0 Å². The maximum absolute atomic E-state index is 13.8. The van der Waals surface area contributed by atoms with Crippen LogP contribution in [0.25, 0.3) is 0 Å². The Labute approximate surface area is 156 Å². The standard InChI is InChI=1S/C20H22BrFN2O/c1-23(13-16-6-2-3-8-19(16)22)20(25)14-24(18-9-10-18)12-15-5-4-7-17(21)11-15/h2-8,11,18H,9-10,12-14H2,1H3.